The Morgan fingerprint density at radius 3 is 2.40 bits per heavy atom. The molecule has 2 rings (SSSR count). The maximum Gasteiger partial charge on any atom is 0.0105 e. The van der Waals surface area contributed by atoms with Crippen molar-refractivity contribution in [1.29, 1.82) is 0 Å². The molecule has 0 saturated heterocycles. The smallest absolute Gasteiger partial charge is 0.0105 e. The standard InChI is InChI=1S/C18H36N2/c1-5-20(16-9-7-6-8-10-16)14-15-13-18(2,3)12-11-17(15)19-4/h15-17,19H,5-14H2,1-4H3. The van der Waals surface area contributed by atoms with E-state index >= 15 is 0 Å². The van der Waals surface area contributed by atoms with Gasteiger partial charge < -0.3 is 10.2 Å². The van der Waals surface area contributed by atoms with Crippen molar-refractivity contribution in [3.8, 4) is 0 Å². The third kappa shape index (κ3) is 4.21. The van der Waals surface area contributed by atoms with E-state index in [4.69, 9.17) is 0 Å². The highest BCUT2D eigenvalue weighted by atomic mass is 15.2. The van der Waals surface area contributed by atoms with Gasteiger partial charge in [0.1, 0.15) is 0 Å². The van der Waals surface area contributed by atoms with Crippen molar-refractivity contribution in [2.75, 3.05) is 20.1 Å². The van der Waals surface area contributed by atoms with Gasteiger partial charge in [-0.15, -0.1) is 0 Å². The van der Waals surface area contributed by atoms with Gasteiger partial charge in [0.05, 0.1) is 0 Å². The number of hydrogen-bond donors (Lipinski definition) is 1. The van der Waals surface area contributed by atoms with E-state index < -0.39 is 0 Å². The van der Waals surface area contributed by atoms with E-state index in [9.17, 15) is 0 Å². The van der Waals surface area contributed by atoms with Crippen molar-refractivity contribution < 1.29 is 0 Å². The minimum atomic E-state index is 0.546. The van der Waals surface area contributed by atoms with Crippen LogP contribution >= 0.6 is 0 Å². The summed E-state index contributed by atoms with van der Waals surface area (Å²) in [6.45, 7) is 9.83. The topological polar surface area (TPSA) is 15.3 Å². The van der Waals surface area contributed by atoms with E-state index in [1.807, 2.05) is 0 Å². The van der Waals surface area contributed by atoms with Gasteiger partial charge in [0.15, 0.2) is 0 Å². The highest BCUT2D eigenvalue weighted by Gasteiger charge is 2.35. The maximum absolute atomic E-state index is 3.60. The van der Waals surface area contributed by atoms with Crippen LogP contribution in [0.3, 0.4) is 0 Å². The molecule has 2 aliphatic rings. The van der Waals surface area contributed by atoms with Crippen molar-refractivity contribution in [2.24, 2.45) is 11.3 Å². The van der Waals surface area contributed by atoms with E-state index in [1.54, 1.807) is 0 Å². The Labute approximate surface area is 126 Å². The van der Waals surface area contributed by atoms with Gasteiger partial charge in [-0.1, -0.05) is 40.0 Å². The average molecular weight is 280 g/mol. The molecule has 0 aromatic heterocycles. The van der Waals surface area contributed by atoms with Gasteiger partial charge >= 0.3 is 0 Å². The Bertz CT molecular complexity index is 281. The van der Waals surface area contributed by atoms with Crippen LogP contribution in [0.1, 0.15) is 72.1 Å². The largest absolute Gasteiger partial charge is 0.317 e. The van der Waals surface area contributed by atoms with Gasteiger partial charge in [-0.05, 0) is 57.0 Å². The summed E-state index contributed by atoms with van der Waals surface area (Å²) in [6, 6.07) is 1.61. The van der Waals surface area contributed by atoms with Gasteiger partial charge in [0.25, 0.3) is 0 Å². The lowest BCUT2D eigenvalue weighted by Gasteiger charge is -2.44. The molecular weight excluding hydrogens is 244 g/mol. The number of hydrogen-bond acceptors (Lipinski definition) is 2. The fraction of sp³-hybridized carbons (Fsp3) is 1.00. The second-order valence-corrected chi connectivity index (χ2v) is 7.94. The molecule has 0 radical (unpaired) electrons. The molecule has 1 N–H and O–H groups in total. The monoisotopic (exact) mass is 280 g/mol. The van der Waals surface area contributed by atoms with Crippen molar-refractivity contribution in [1.82, 2.24) is 10.2 Å². The van der Waals surface area contributed by atoms with Crippen molar-refractivity contribution >= 4 is 0 Å². The molecule has 0 spiro atoms. The van der Waals surface area contributed by atoms with Gasteiger partial charge in [0.2, 0.25) is 0 Å². The molecule has 20 heavy (non-hydrogen) atoms. The summed E-state index contributed by atoms with van der Waals surface area (Å²) in [6.07, 6.45) is 11.4. The van der Waals surface area contributed by atoms with Gasteiger partial charge in [-0.2, -0.15) is 0 Å². The summed E-state index contributed by atoms with van der Waals surface area (Å²) in [4.78, 5) is 2.80. The van der Waals surface area contributed by atoms with E-state index in [1.165, 1.54) is 64.5 Å². The second-order valence-electron chi connectivity index (χ2n) is 7.94. The third-order valence-corrected chi connectivity index (χ3v) is 5.85. The zero-order chi connectivity index (χ0) is 14.6. The van der Waals surface area contributed by atoms with E-state index in [0.29, 0.717) is 5.41 Å². The molecule has 0 bridgehead atoms. The van der Waals surface area contributed by atoms with Crippen LogP contribution in [0.4, 0.5) is 0 Å². The Morgan fingerprint density at radius 2 is 1.80 bits per heavy atom. The fourth-order valence-electron chi connectivity index (χ4n) is 4.59. The van der Waals surface area contributed by atoms with Crippen LogP contribution < -0.4 is 5.32 Å². The Balaban J connectivity index is 1.96. The zero-order valence-electron chi connectivity index (χ0n) is 14.3. The SMILES string of the molecule is CCN(CC1CC(C)(C)CCC1NC)C1CCCCC1. The summed E-state index contributed by atoms with van der Waals surface area (Å²) in [7, 11) is 2.16. The molecule has 2 heteroatoms. The Hall–Kier alpha value is -0.0800. The van der Waals surface area contributed by atoms with Crippen LogP contribution in [-0.4, -0.2) is 37.1 Å². The first-order valence-electron chi connectivity index (χ1n) is 8.97. The van der Waals surface area contributed by atoms with Gasteiger partial charge in [-0.25, -0.2) is 0 Å². The van der Waals surface area contributed by atoms with E-state index in [-0.39, 0.29) is 0 Å². The quantitative estimate of drug-likeness (QED) is 0.817. The molecule has 2 unspecified atom stereocenters. The summed E-state index contributed by atoms with van der Waals surface area (Å²) < 4.78 is 0. The van der Waals surface area contributed by atoms with Crippen LogP contribution in [0, 0.1) is 11.3 Å². The number of rotatable bonds is 5. The molecule has 0 aromatic rings. The van der Waals surface area contributed by atoms with Gasteiger partial charge in [0, 0.05) is 18.6 Å². The lowest BCUT2D eigenvalue weighted by atomic mass is 9.69. The summed E-state index contributed by atoms with van der Waals surface area (Å²) >= 11 is 0. The average Bonchev–Trinajstić information content (AvgIpc) is 2.45. The summed E-state index contributed by atoms with van der Waals surface area (Å²) in [5.74, 6) is 0.839. The normalized spacial score (nSPS) is 31.6. The molecule has 118 valence electrons. The minimum absolute atomic E-state index is 0.546. The fourth-order valence-corrected chi connectivity index (χ4v) is 4.59. The predicted molar refractivity (Wildman–Crippen MR) is 88.1 cm³/mol. The molecule has 2 fully saturated rings. The maximum atomic E-state index is 3.60. The van der Waals surface area contributed by atoms with E-state index in [2.05, 4.69) is 38.0 Å². The molecule has 2 saturated carbocycles. The summed E-state index contributed by atoms with van der Waals surface area (Å²) in [5.41, 5.74) is 0.546. The van der Waals surface area contributed by atoms with Crippen LogP contribution in [0.2, 0.25) is 0 Å². The first kappa shape index (κ1) is 16.3. The molecule has 0 aliphatic heterocycles. The highest BCUT2D eigenvalue weighted by molar-refractivity contribution is 4.90. The number of nitrogens with zero attached hydrogens (tertiary/aromatic N) is 1. The predicted octanol–water partition coefficient (Wildman–Crippen LogP) is 4.06. The molecule has 2 nitrogen and oxygen atoms in total. The van der Waals surface area contributed by atoms with Gasteiger partial charge in [-0.3, -0.25) is 0 Å². The molecular formula is C18H36N2. The first-order chi connectivity index (χ1) is 9.55. The lowest BCUT2D eigenvalue weighted by molar-refractivity contribution is 0.0753. The summed E-state index contributed by atoms with van der Waals surface area (Å²) in [5, 5.41) is 3.60. The van der Waals surface area contributed by atoms with Crippen molar-refractivity contribution in [3.63, 3.8) is 0 Å². The van der Waals surface area contributed by atoms with Crippen molar-refractivity contribution in [2.45, 2.75) is 84.2 Å². The van der Waals surface area contributed by atoms with Crippen LogP contribution in [0.5, 0.6) is 0 Å². The van der Waals surface area contributed by atoms with Crippen LogP contribution in [0.15, 0.2) is 0 Å². The lowest BCUT2D eigenvalue weighted by Crippen LogP contribution is -2.49. The number of nitrogens with one attached hydrogen (secondary N) is 1. The minimum Gasteiger partial charge on any atom is -0.317 e. The molecule has 0 heterocycles. The Morgan fingerprint density at radius 1 is 1.10 bits per heavy atom. The van der Waals surface area contributed by atoms with E-state index in [0.717, 1.165) is 18.0 Å². The molecule has 0 aromatic carbocycles. The van der Waals surface area contributed by atoms with Crippen LogP contribution in [0.25, 0.3) is 0 Å². The van der Waals surface area contributed by atoms with Crippen LogP contribution in [-0.2, 0) is 0 Å². The Kier molecular flexibility index (Phi) is 5.92. The third-order valence-electron chi connectivity index (χ3n) is 5.85. The zero-order valence-corrected chi connectivity index (χ0v) is 14.3. The first-order valence-corrected chi connectivity index (χ1v) is 8.97. The molecule has 0 amide bonds. The van der Waals surface area contributed by atoms with Crippen molar-refractivity contribution in [3.05, 3.63) is 0 Å². The molecule has 2 aliphatic carbocycles. The second kappa shape index (κ2) is 7.26. The molecule has 2 atom stereocenters. The highest BCUT2D eigenvalue weighted by Crippen LogP contribution is 2.39.